The molecular formula is C16H21NO4. The fraction of sp³-hybridized carbons (Fsp3) is 0.312. The van der Waals surface area contributed by atoms with Gasteiger partial charge in [0, 0.05) is 5.57 Å². The molecule has 1 rings (SSSR count). The Morgan fingerprint density at radius 1 is 1.29 bits per heavy atom. The van der Waals surface area contributed by atoms with Crippen molar-refractivity contribution in [3.8, 4) is 11.5 Å². The Morgan fingerprint density at radius 2 is 2.00 bits per heavy atom. The van der Waals surface area contributed by atoms with Gasteiger partial charge in [0.25, 0.3) is 0 Å². The first-order valence-corrected chi connectivity index (χ1v) is 6.52. The van der Waals surface area contributed by atoms with E-state index in [2.05, 4.69) is 18.5 Å². The van der Waals surface area contributed by atoms with Crippen LogP contribution in [0.2, 0.25) is 0 Å². The van der Waals surface area contributed by atoms with Crippen molar-refractivity contribution in [2.24, 2.45) is 0 Å². The molecule has 0 heterocycles. The van der Waals surface area contributed by atoms with Crippen LogP contribution in [0, 0.1) is 6.92 Å². The molecule has 5 heteroatoms. The fourth-order valence-electron chi connectivity index (χ4n) is 1.49. The van der Waals surface area contributed by atoms with Crippen molar-refractivity contribution in [3.05, 3.63) is 48.4 Å². The molecule has 0 aliphatic heterocycles. The lowest BCUT2D eigenvalue weighted by Gasteiger charge is -2.14. The summed E-state index contributed by atoms with van der Waals surface area (Å²) in [4.78, 5) is 11.2. The third kappa shape index (κ3) is 5.60. The van der Waals surface area contributed by atoms with Gasteiger partial charge in [-0.25, -0.2) is 4.79 Å². The Hall–Kier alpha value is -2.43. The molecular weight excluding hydrogens is 270 g/mol. The molecule has 1 aromatic rings. The van der Waals surface area contributed by atoms with Crippen LogP contribution in [0.3, 0.4) is 0 Å². The molecule has 0 radical (unpaired) electrons. The van der Waals surface area contributed by atoms with Crippen LogP contribution in [0.5, 0.6) is 11.5 Å². The molecule has 5 nitrogen and oxygen atoms in total. The number of ether oxygens (including phenoxy) is 3. The SMILES string of the molecule is C=C(NCCOC(=O)C(=C)C)Oc1ccc(C)cc1OC. The van der Waals surface area contributed by atoms with E-state index in [0.717, 1.165) is 5.56 Å². The third-order valence-corrected chi connectivity index (χ3v) is 2.56. The molecule has 0 aliphatic carbocycles. The summed E-state index contributed by atoms with van der Waals surface area (Å²) in [6.07, 6.45) is 0. The number of carbonyl (C=O) groups excluding carboxylic acids is 1. The number of carbonyl (C=O) groups is 1. The lowest BCUT2D eigenvalue weighted by atomic mass is 10.2. The van der Waals surface area contributed by atoms with E-state index in [1.165, 1.54) is 0 Å². The predicted molar refractivity (Wildman–Crippen MR) is 81.3 cm³/mol. The maximum Gasteiger partial charge on any atom is 0.333 e. The highest BCUT2D eigenvalue weighted by Gasteiger charge is 2.07. The van der Waals surface area contributed by atoms with Crippen molar-refractivity contribution in [3.63, 3.8) is 0 Å². The standard InChI is InChI=1S/C16H21NO4/c1-11(2)16(18)20-9-8-17-13(4)21-14-7-6-12(3)10-15(14)19-5/h6-7,10,17H,1,4,8-9H2,2-3,5H3. The minimum Gasteiger partial charge on any atom is -0.493 e. The van der Waals surface area contributed by atoms with Crippen molar-refractivity contribution in [2.45, 2.75) is 13.8 Å². The number of hydrogen-bond acceptors (Lipinski definition) is 5. The fourth-order valence-corrected chi connectivity index (χ4v) is 1.49. The van der Waals surface area contributed by atoms with Gasteiger partial charge < -0.3 is 19.5 Å². The van der Waals surface area contributed by atoms with E-state index in [1.807, 2.05) is 25.1 Å². The molecule has 0 saturated heterocycles. The summed E-state index contributed by atoms with van der Waals surface area (Å²) in [5.74, 6) is 1.14. The molecule has 1 aromatic carbocycles. The van der Waals surface area contributed by atoms with Gasteiger partial charge in [-0.3, -0.25) is 0 Å². The average molecular weight is 291 g/mol. The van der Waals surface area contributed by atoms with Gasteiger partial charge in [0.05, 0.1) is 13.7 Å². The lowest BCUT2D eigenvalue weighted by Crippen LogP contribution is -2.23. The molecule has 0 atom stereocenters. The topological polar surface area (TPSA) is 56.8 Å². The molecule has 0 aliphatic rings. The second-order valence-electron chi connectivity index (χ2n) is 4.52. The molecule has 0 spiro atoms. The number of nitrogens with one attached hydrogen (secondary N) is 1. The second kappa shape index (κ2) is 7.99. The smallest absolute Gasteiger partial charge is 0.333 e. The number of aryl methyl sites for hydroxylation is 1. The highest BCUT2D eigenvalue weighted by atomic mass is 16.5. The summed E-state index contributed by atoms with van der Waals surface area (Å²) < 4.78 is 15.7. The van der Waals surface area contributed by atoms with Crippen LogP contribution in [0.25, 0.3) is 0 Å². The molecule has 0 unspecified atom stereocenters. The highest BCUT2D eigenvalue weighted by Crippen LogP contribution is 2.28. The van der Waals surface area contributed by atoms with Gasteiger partial charge in [-0.05, 0) is 38.1 Å². The first-order valence-electron chi connectivity index (χ1n) is 6.52. The molecule has 0 bridgehead atoms. The maximum absolute atomic E-state index is 11.2. The Morgan fingerprint density at radius 3 is 2.62 bits per heavy atom. The van der Waals surface area contributed by atoms with Gasteiger partial charge in [-0.1, -0.05) is 12.6 Å². The molecule has 1 N–H and O–H groups in total. The first-order chi connectivity index (χ1) is 9.93. The van der Waals surface area contributed by atoms with Gasteiger partial charge >= 0.3 is 5.97 Å². The van der Waals surface area contributed by atoms with Gasteiger partial charge in [0.1, 0.15) is 6.61 Å². The van der Waals surface area contributed by atoms with Crippen LogP contribution in [0.15, 0.2) is 42.8 Å². The van der Waals surface area contributed by atoms with Crippen LogP contribution < -0.4 is 14.8 Å². The summed E-state index contributed by atoms with van der Waals surface area (Å²) in [6.45, 7) is 11.4. The average Bonchev–Trinajstić information content (AvgIpc) is 2.45. The molecule has 0 saturated carbocycles. The number of benzene rings is 1. The molecule has 0 amide bonds. The monoisotopic (exact) mass is 291 g/mol. The van der Waals surface area contributed by atoms with Crippen LogP contribution in [-0.2, 0) is 9.53 Å². The molecule has 0 aromatic heterocycles. The van der Waals surface area contributed by atoms with E-state index in [0.29, 0.717) is 29.5 Å². The van der Waals surface area contributed by atoms with E-state index >= 15 is 0 Å². The summed E-state index contributed by atoms with van der Waals surface area (Å²) >= 11 is 0. The van der Waals surface area contributed by atoms with Crippen molar-refractivity contribution >= 4 is 5.97 Å². The van der Waals surface area contributed by atoms with Crippen molar-refractivity contribution in [1.82, 2.24) is 5.32 Å². The minimum absolute atomic E-state index is 0.207. The number of methoxy groups -OCH3 is 1. The molecule has 0 fully saturated rings. The summed E-state index contributed by atoms with van der Waals surface area (Å²) in [7, 11) is 1.58. The molecule has 114 valence electrons. The highest BCUT2D eigenvalue weighted by molar-refractivity contribution is 5.86. The van der Waals surface area contributed by atoms with Crippen LogP contribution in [0.4, 0.5) is 0 Å². The molecule has 21 heavy (non-hydrogen) atoms. The zero-order valence-corrected chi connectivity index (χ0v) is 12.7. The van der Waals surface area contributed by atoms with Crippen molar-refractivity contribution in [1.29, 1.82) is 0 Å². The van der Waals surface area contributed by atoms with E-state index in [1.54, 1.807) is 14.0 Å². The zero-order chi connectivity index (χ0) is 15.8. The quantitative estimate of drug-likeness (QED) is 0.345. The Balaban J connectivity index is 2.41. The van der Waals surface area contributed by atoms with Gasteiger partial charge in [-0.15, -0.1) is 0 Å². The lowest BCUT2D eigenvalue weighted by molar-refractivity contribution is -0.138. The maximum atomic E-state index is 11.2. The first kappa shape index (κ1) is 16.6. The van der Waals surface area contributed by atoms with Crippen LogP contribution >= 0.6 is 0 Å². The largest absolute Gasteiger partial charge is 0.493 e. The number of esters is 1. The van der Waals surface area contributed by atoms with Crippen LogP contribution in [0.1, 0.15) is 12.5 Å². The van der Waals surface area contributed by atoms with Crippen molar-refractivity contribution < 1.29 is 19.0 Å². The predicted octanol–water partition coefficient (Wildman–Crippen LogP) is 2.56. The normalized spacial score (nSPS) is 9.67. The Kier molecular flexibility index (Phi) is 6.33. The van der Waals surface area contributed by atoms with Crippen LogP contribution in [-0.4, -0.2) is 26.2 Å². The van der Waals surface area contributed by atoms with Crippen molar-refractivity contribution in [2.75, 3.05) is 20.3 Å². The van der Waals surface area contributed by atoms with Gasteiger partial charge in [-0.2, -0.15) is 0 Å². The van der Waals surface area contributed by atoms with E-state index in [4.69, 9.17) is 14.2 Å². The number of rotatable bonds is 8. The second-order valence-corrected chi connectivity index (χ2v) is 4.52. The number of hydrogen-bond donors (Lipinski definition) is 1. The minimum atomic E-state index is -0.413. The van der Waals surface area contributed by atoms with Gasteiger partial charge in [0.15, 0.2) is 17.4 Å². The Labute approximate surface area is 125 Å². The van der Waals surface area contributed by atoms with E-state index in [9.17, 15) is 4.79 Å². The summed E-state index contributed by atoms with van der Waals surface area (Å²) in [5, 5.41) is 2.91. The van der Waals surface area contributed by atoms with E-state index < -0.39 is 5.97 Å². The summed E-state index contributed by atoms with van der Waals surface area (Å²) in [5.41, 5.74) is 1.44. The van der Waals surface area contributed by atoms with Gasteiger partial charge in [0.2, 0.25) is 0 Å². The zero-order valence-electron chi connectivity index (χ0n) is 12.7. The summed E-state index contributed by atoms with van der Waals surface area (Å²) in [6, 6.07) is 5.60. The third-order valence-electron chi connectivity index (χ3n) is 2.56. The van der Waals surface area contributed by atoms with E-state index in [-0.39, 0.29) is 6.61 Å². The Bertz CT molecular complexity index is 537.